The summed E-state index contributed by atoms with van der Waals surface area (Å²) in [6.07, 6.45) is 4.71. The number of rotatable bonds is 20. The van der Waals surface area contributed by atoms with Crippen LogP contribution >= 0.6 is 11.8 Å². The van der Waals surface area contributed by atoms with E-state index in [1.807, 2.05) is 50.4 Å². The first-order valence-electron chi connectivity index (χ1n) is 14.7. The van der Waals surface area contributed by atoms with E-state index < -0.39 is 54.2 Å². The second-order valence-electron chi connectivity index (χ2n) is 11.3. The summed E-state index contributed by atoms with van der Waals surface area (Å²) in [4.78, 5) is 66.5. The van der Waals surface area contributed by atoms with Crippen molar-refractivity contribution in [1.29, 1.82) is 0 Å². The molecule has 0 fully saturated rings. The molecule has 1 heterocycles. The van der Waals surface area contributed by atoms with Gasteiger partial charge in [0.2, 0.25) is 11.8 Å². The van der Waals surface area contributed by atoms with E-state index in [0.29, 0.717) is 36.5 Å². The van der Waals surface area contributed by atoms with E-state index in [0.717, 1.165) is 5.56 Å². The molecule has 1 aromatic heterocycles. The largest absolute Gasteiger partial charge is 0.481 e. The predicted octanol–water partition coefficient (Wildman–Crippen LogP) is 1.98. The molecule has 0 saturated heterocycles. The number of carboxylic acid groups (broad SMARTS) is 2. The number of nitrogens with two attached hydrogens (primary N) is 1. The summed E-state index contributed by atoms with van der Waals surface area (Å²) in [5.41, 5.74) is 7.51. The van der Waals surface area contributed by atoms with Crippen molar-refractivity contribution in [3.8, 4) is 0 Å². The Labute approximate surface area is 262 Å². The minimum Gasteiger partial charge on any atom is -0.481 e. The summed E-state index contributed by atoms with van der Waals surface area (Å²) in [7, 11) is 1.76. The summed E-state index contributed by atoms with van der Waals surface area (Å²) in [6.45, 7) is 3.65. The third-order valence-corrected chi connectivity index (χ3v) is 8.16. The highest BCUT2D eigenvalue weighted by atomic mass is 32.2. The van der Waals surface area contributed by atoms with E-state index in [9.17, 15) is 29.1 Å². The normalized spacial score (nSPS) is 14.0. The molecule has 12 nitrogen and oxygen atoms in total. The van der Waals surface area contributed by atoms with Gasteiger partial charge in [0.15, 0.2) is 5.78 Å². The standard InChI is InChI=1S/C31H45N5O7S/c1-19(2)28(32)30(41)35-24(15-20-9-6-5-7-10-20)29(40)34-23(13-14-44-4)25(37)17-22-18-33-26(36(22)3)12-8-11-21(31(42)43)16-27(38)39/h5-7,9-10,18-19,21,23-24,28H,8,11-17,32H2,1-4H3,(H,34,40)(H,35,41)(H,38,39)(H,42,43)/t21-,23+,24+,28+/m1/s1. The Morgan fingerprint density at radius 1 is 1.00 bits per heavy atom. The van der Waals surface area contributed by atoms with Crippen LogP contribution in [0.25, 0.3) is 0 Å². The van der Waals surface area contributed by atoms with Crippen LogP contribution < -0.4 is 16.4 Å². The van der Waals surface area contributed by atoms with Gasteiger partial charge in [-0.15, -0.1) is 0 Å². The number of nitrogens with one attached hydrogen (secondary N) is 2. The lowest BCUT2D eigenvalue weighted by Gasteiger charge is -2.25. The van der Waals surface area contributed by atoms with Crippen LogP contribution in [0.3, 0.4) is 0 Å². The number of carboxylic acids is 2. The number of amides is 2. The minimum atomic E-state index is -1.16. The maximum absolute atomic E-state index is 13.5. The molecule has 2 amide bonds. The van der Waals surface area contributed by atoms with Gasteiger partial charge >= 0.3 is 11.9 Å². The molecule has 0 unspecified atom stereocenters. The molecule has 2 aromatic rings. The van der Waals surface area contributed by atoms with Crippen molar-refractivity contribution in [1.82, 2.24) is 20.2 Å². The van der Waals surface area contributed by atoms with Crippen LogP contribution in [0.15, 0.2) is 36.5 Å². The fraction of sp³-hybridized carbons (Fsp3) is 0.548. The van der Waals surface area contributed by atoms with Crippen molar-refractivity contribution in [2.45, 2.75) is 76.9 Å². The van der Waals surface area contributed by atoms with Crippen molar-refractivity contribution in [2.75, 3.05) is 12.0 Å². The minimum absolute atomic E-state index is 0.00747. The summed E-state index contributed by atoms with van der Waals surface area (Å²) >= 11 is 1.55. The molecule has 0 radical (unpaired) electrons. The monoisotopic (exact) mass is 631 g/mol. The average molecular weight is 632 g/mol. The Balaban J connectivity index is 2.14. The van der Waals surface area contributed by atoms with Crippen LogP contribution in [0.5, 0.6) is 0 Å². The molecule has 4 atom stereocenters. The van der Waals surface area contributed by atoms with Crippen LogP contribution in [0.1, 0.15) is 56.6 Å². The maximum Gasteiger partial charge on any atom is 0.307 e. The molecule has 1 aromatic carbocycles. The molecule has 6 N–H and O–H groups in total. The SMILES string of the molecule is CSCC[C@H](NC(=O)[C@H](Cc1ccccc1)NC(=O)[C@@H](N)C(C)C)C(=O)Cc1cnc(CCC[C@H](CC(=O)O)C(=O)O)n1C. The third kappa shape index (κ3) is 11.8. The second-order valence-corrected chi connectivity index (χ2v) is 12.2. The number of carbonyl (C=O) groups is 5. The number of carbonyl (C=O) groups excluding carboxylic acids is 3. The van der Waals surface area contributed by atoms with Gasteiger partial charge in [-0.25, -0.2) is 4.98 Å². The third-order valence-electron chi connectivity index (χ3n) is 7.51. The lowest BCUT2D eigenvalue weighted by molar-refractivity contribution is -0.148. The topological polar surface area (TPSA) is 194 Å². The molecule has 0 aliphatic heterocycles. The zero-order chi connectivity index (χ0) is 32.8. The van der Waals surface area contributed by atoms with Gasteiger partial charge in [0, 0.05) is 31.8 Å². The first kappa shape index (κ1) is 36.5. The molecule has 2 rings (SSSR count). The number of hydrogen-bond donors (Lipinski definition) is 5. The first-order chi connectivity index (χ1) is 20.8. The number of thioether (sulfide) groups is 1. The zero-order valence-corrected chi connectivity index (χ0v) is 26.6. The Hall–Kier alpha value is -3.71. The number of ketones is 1. The molecule has 0 bridgehead atoms. The van der Waals surface area contributed by atoms with Gasteiger partial charge in [-0.3, -0.25) is 24.0 Å². The van der Waals surface area contributed by atoms with Gasteiger partial charge in [-0.2, -0.15) is 11.8 Å². The number of Topliss-reactive ketones (excluding diaryl/α,β-unsaturated/α-hetero) is 1. The van der Waals surface area contributed by atoms with E-state index in [4.69, 9.17) is 10.8 Å². The Morgan fingerprint density at radius 2 is 1.66 bits per heavy atom. The van der Waals surface area contributed by atoms with Crippen molar-refractivity contribution in [3.63, 3.8) is 0 Å². The van der Waals surface area contributed by atoms with E-state index in [-0.39, 0.29) is 31.0 Å². The number of aliphatic carboxylic acids is 2. The zero-order valence-electron chi connectivity index (χ0n) is 25.8. The van der Waals surface area contributed by atoms with Crippen molar-refractivity contribution >= 4 is 41.3 Å². The highest BCUT2D eigenvalue weighted by molar-refractivity contribution is 7.98. The quantitative estimate of drug-likeness (QED) is 0.144. The maximum atomic E-state index is 13.5. The average Bonchev–Trinajstić information content (AvgIpc) is 3.32. The van der Waals surface area contributed by atoms with Crippen LogP contribution in [-0.2, 0) is 50.3 Å². The predicted molar refractivity (Wildman–Crippen MR) is 168 cm³/mol. The van der Waals surface area contributed by atoms with E-state index >= 15 is 0 Å². The van der Waals surface area contributed by atoms with Gasteiger partial charge in [-0.1, -0.05) is 44.2 Å². The molecule has 242 valence electrons. The summed E-state index contributed by atoms with van der Waals surface area (Å²) in [5.74, 6) is -3.27. The van der Waals surface area contributed by atoms with Gasteiger partial charge < -0.3 is 31.1 Å². The number of aromatic nitrogens is 2. The van der Waals surface area contributed by atoms with Crippen molar-refractivity contribution in [2.24, 2.45) is 24.6 Å². The molecular formula is C31H45N5O7S. The fourth-order valence-electron chi connectivity index (χ4n) is 4.67. The number of benzene rings is 1. The molecule has 0 saturated carbocycles. The lowest BCUT2D eigenvalue weighted by atomic mass is 9.98. The van der Waals surface area contributed by atoms with Crippen LogP contribution in [0.4, 0.5) is 0 Å². The first-order valence-corrected chi connectivity index (χ1v) is 16.1. The fourth-order valence-corrected chi connectivity index (χ4v) is 5.14. The van der Waals surface area contributed by atoms with Crippen molar-refractivity contribution in [3.05, 3.63) is 53.6 Å². The van der Waals surface area contributed by atoms with E-state index in [1.54, 1.807) is 29.6 Å². The summed E-state index contributed by atoms with van der Waals surface area (Å²) < 4.78 is 1.77. The Kier molecular flexibility index (Phi) is 15.1. The Morgan fingerprint density at radius 3 is 2.25 bits per heavy atom. The summed E-state index contributed by atoms with van der Waals surface area (Å²) in [5, 5.41) is 23.9. The van der Waals surface area contributed by atoms with Crippen LogP contribution in [0, 0.1) is 11.8 Å². The smallest absolute Gasteiger partial charge is 0.307 e. The molecule has 0 aliphatic rings. The van der Waals surface area contributed by atoms with E-state index in [2.05, 4.69) is 15.6 Å². The molecular weight excluding hydrogens is 586 g/mol. The molecule has 0 spiro atoms. The second kappa shape index (κ2) is 18.2. The number of nitrogens with zero attached hydrogens (tertiary/aromatic N) is 2. The van der Waals surface area contributed by atoms with E-state index in [1.165, 1.54) is 0 Å². The van der Waals surface area contributed by atoms with Gasteiger partial charge in [0.1, 0.15) is 11.9 Å². The van der Waals surface area contributed by atoms with Crippen molar-refractivity contribution < 1.29 is 34.2 Å². The van der Waals surface area contributed by atoms with Gasteiger partial charge in [-0.05, 0) is 42.8 Å². The van der Waals surface area contributed by atoms with Gasteiger partial charge in [0.05, 0.1) is 30.8 Å². The number of imidazole rings is 1. The van der Waals surface area contributed by atoms with Crippen LogP contribution in [-0.4, -0.2) is 79.4 Å². The molecule has 0 aliphatic carbocycles. The highest BCUT2D eigenvalue weighted by Crippen LogP contribution is 2.16. The van der Waals surface area contributed by atoms with Crippen LogP contribution in [0.2, 0.25) is 0 Å². The highest BCUT2D eigenvalue weighted by Gasteiger charge is 2.29. The molecule has 13 heteroatoms. The number of aryl methyl sites for hydroxylation is 1. The summed E-state index contributed by atoms with van der Waals surface area (Å²) in [6, 6.07) is 6.75. The molecule has 44 heavy (non-hydrogen) atoms. The Bertz CT molecular complexity index is 1270. The lowest BCUT2D eigenvalue weighted by Crippen LogP contribution is -2.56. The number of hydrogen-bond acceptors (Lipinski definition) is 8. The van der Waals surface area contributed by atoms with Gasteiger partial charge in [0.25, 0.3) is 0 Å².